The molecule has 1 saturated heterocycles. The Morgan fingerprint density at radius 3 is 2.50 bits per heavy atom. The smallest absolute Gasteiger partial charge is 0.296 e. The summed E-state index contributed by atoms with van der Waals surface area (Å²) in [6.45, 7) is 2.52. The van der Waals surface area contributed by atoms with Gasteiger partial charge in [0.25, 0.3) is 11.7 Å². The minimum atomic E-state index is -0.765. The van der Waals surface area contributed by atoms with E-state index in [1.165, 1.54) is 23.6 Å². The van der Waals surface area contributed by atoms with Crippen LogP contribution >= 0.6 is 0 Å². The molecule has 1 aliphatic heterocycles. The van der Waals surface area contributed by atoms with E-state index < -0.39 is 17.7 Å². The van der Waals surface area contributed by atoms with Crippen molar-refractivity contribution in [3.63, 3.8) is 0 Å². The minimum Gasteiger partial charge on any atom is -0.507 e. The lowest BCUT2D eigenvalue weighted by Crippen LogP contribution is -2.29. The van der Waals surface area contributed by atoms with Crippen LogP contribution in [0.1, 0.15) is 29.9 Å². The van der Waals surface area contributed by atoms with Crippen LogP contribution in [-0.2, 0) is 16.1 Å². The van der Waals surface area contributed by atoms with Crippen LogP contribution < -0.4 is 4.74 Å². The molecule has 0 spiro atoms. The van der Waals surface area contributed by atoms with Crippen LogP contribution in [0.2, 0.25) is 0 Å². The van der Waals surface area contributed by atoms with Gasteiger partial charge in [0, 0.05) is 18.0 Å². The number of aromatic nitrogens is 1. The van der Waals surface area contributed by atoms with E-state index in [1.54, 1.807) is 48.5 Å². The van der Waals surface area contributed by atoms with Gasteiger partial charge in [-0.15, -0.1) is 0 Å². The number of pyridine rings is 1. The first-order valence-electron chi connectivity index (χ1n) is 9.54. The van der Waals surface area contributed by atoms with Gasteiger partial charge in [0.1, 0.15) is 17.3 Å². The largest absolute Gasteiger partial charge is 0.507 e. The lowest BCUT2D eigenvalue weighted by molar-refractivity contribution is -0.140. The maximum Gasteiger partial charge on any atom is 0.296 e. The molecule has 7 heteroatoms. The molecule has 0 saturated carbocycles. The maximum absolute atomic E-state index is 12.9. The van der Waals surface area contributed by atoms with Crippen molar-refractivity contribution in [1.29, 1.82) is 0 Å². The van der Waals surface area contributed by atoms with Crippen molar-refractivity contribution in [2.24, 2.45) is 0 Å². The van der Waals surface area contributed by atoms with Crippen LogP contribution in [0.15, 0.2) is 77.2 Å². The number of furan rings is 1. The predicted octanol–water partition coefficient (Wildman–Crippen LogP) is 3.70. The molecule has 1 aliphatic rings. The van der Waals surface area contributed by atoms with Crippen molar-refractivity contribution >= 4 is 17.4 Å². The van der Waals surface area contributed by atoms with Gasteiger partial charge in [-0.2, -0.15) is 0 Å². The molecule has 4 rings (SSSR count). The summed E-state index contributed by atoms with van der Waals surface area (Å²) in [5.74, 6) is -0.456. The van der Waals surface area contributed by atoms with Crippen LogP contribution in [0.4, 0.5) is 0 Å². The number of benzene rings is 1. The van der Waals surface area contributed by atoms with Gasteiger partial charge in [0.05, 0.1) is 31.0 Å². The normalized spacial score (nSPS) is 18.0. The zero-order chi connectivity index (χ0) is 21.1. The van der Waals surface area contributed by atoms with E-state index in [1.807, 2.05) is 6.92 Å². The van der Waals surface area contributed by atoms with Gasteiger partial charge >= 0.3 is 0 Å². The molecular formula is C23H20N2O5. The molecule has 1 N–H and O–H groups in total. The monoisotopic (exact) mass is 404 g/mol. The number of nitrogens with zero attached hydrogens (tertiary/aromatic N) is 2. The fraction of sp³-hybridized carbons (Fsp3) is 0.174. The summed E-state index contributed by atoms with van der Waals surface area (Å²) in [5, 5.41) is 10.9. The second kappa shape index (κ2) is 8.24. The number of likely N-dealkylation sites (tertiary alicyclic amines) is 1. The van der Waals surface area contributed by atoms with Crippen molar-refractivity contribution in [3.05, 3.63) is 89.6 Å². The molecule has 30 heavy (non-hydrogen) atoms. The third-order valence-corrected chi connectivity index (χ3v) is 4.91. The Kier molecular flexibility index (Phi) is 5.34. The third kappa shape index (κ3) is 3.57. The molecule has 152 valence electrons. The first-order valence-corrected chi connectivity index (χ1v) is 9.54. The second-order valence-corrected chi connectivity index (χ2v) is 6.74. The van der Waals surface area contributed by atoms with Crippen molar-refractivity contribution in [2.75, 3.05) is 6.61 Å². The van der Waals surface area contributed by atoms with Crippen molar-refractivity contribution in [1.82, 2.24) is 9.88 Å². The average molecular weight is 404 g/mol. The Balaban J connectivity index is 1.82. The number of amides is 1. The fourth-order valence-corrected chi connectivity index (χ4v) is 3.54. The highest BCUT2D eigenvalue weighted by atomic mass is 16.5. The summed E-state index contributed by atoms with van der Waals surface area (Å²) in [5.41, 5.74) is 1.12. The van der Waals surface area contributed by atoms with Crippen LogP contribution in [0.25, 0.3) is 5.76 Å². The fourth-order valence-electron chi connectivity index (χ4n) is 3.54. The zero-order valence-electron chi connectivity index (χ0n) is 16.3. The minimum absolute atomic E-state index is 0.0296. The standard InChI is InChI=1S/C23H20N2O5/c1-2-29-17-7-5-15(6-8-17)20-19(21(26)16-9-11-24-12-10-16)22(27)23(28)25(20)14-18-4-3-13-30-18/h3-13,20,26H,2,14H2,1H3/b21-19+. The van der Waals surface area contributed by atoms with Gasteiger partial charge in [0.2, 0.25) is 0 Å². The molecule has 7 nitrogen and oxygen atoms in total. The van der Waals surface area contributed by atoms with Gasteiger partial charge in [-0.3, -0.25) is 14.6 Å². The highest BCUT2D eigenvalue weighted by molar-refractivity contribution is 6.46. The number of carbonyl (C=O) groups excluding carboxylic acids is 2. The van der Waals surface area contributed by atoms with Gasteiger partial charge in [0.15, 0.2) is 0 Å². The van der Waals surface area contributed by atoms with E-state index >= 15 is 0 Å². The Hall–Kier alpha value is -3.87. The topological polar surface area (TPSA) is 92.9 Å². The first kappa shape index (κ1) is 19.4. The van der Waals surface area contributed by atoms with E-state index in [2.05, 4.69) is 4.98 Å². The van der Waals surface area contributed by atoms with E-state index in [0.29, 0.717) is 29.2 Å². The molecule has 0 aliphatic carbocycles. The molecule has 0 radical (unpaired) electrons. The lowest BCUT2D eigenvalue weighted by atomic mass is 9.95. The van der Waals surface area contributed by atoms with Gasteiger partial charge in [-0.25, -0.2) is 0 Å². The Bertz CT molecular complexity index is 1070. The van der Waals surface area contributed by atoms with E-state index in [-0.39, 0.29) is 17.9 Å². The average Bonchev–Trinajstić information content (AvgIpc) is 3.37. The highest BCUT2D eigenvalue weighted by Gasteiger charge is 2.46. The molecule has 1 unspecified atom stereocenters. The molecule has 0 bridgehead atoms. The molecule has 3 aromatic rings. The Morgan fingerprint density at radius 1 is 1.13 bits per heavy atom. The van der Waals surface area contributed by atoms with Gasteiger partial charge < -0.3 is 19.2 Å². The van der Waals surface area contributed by atoms with Crippen LogP contribution in [0.5, 0.6) is 5.75 Å². The zero-order valence-corrected chi connectivity index (χ0v) is 16.3. The van der Waals surface area contributed by atoms with E-state index in [4.69, 9.17) is 9.15 Å². The summed E-state index contributed by atoms with van der Waals surface area (Å²) in [6.07, 6.45) is 4.54. The first-order chi connectivity index (χ1) is 14.6. The number of carbonyl (C=O) groups is 2. The molecule has 1 amide bonds. The van der Waals surface area contributed by atoms with Crippen molar-refractivity contribution < 1.29 is 23.8 Å². The van der Waals surface area contributed by atoms with E-state index in [9.17, 15) is 14.7 Å². The van der Waals surface area contributed by atoms with Crippen molar-refractivity contribution in [2.45, 2.75) is 19.5 Å². The summed E-state index contributed by atoms with van der Waals surface area (Å²) in [6, 6.07) is 13.0. The number of aliphatic hydroxyl groups excluding tert-OH is 1. The molecule has 3 heterocycles. The van der Waals surface area contributed by atoms with Crippen LogP contribution in [0.3, 0.4) is 0 Å². The summed E-state index contributed by atoms with van der Waals surface area (Å²) >= 11 is 0. The summed E-state index contributed by atoms with van der Waals surface area (Å²) in [4.78, 5) is 31.2. The quantitative estimate of drug-likeness (QED) is 0.383. The van der Waals surface area contributed by atoms with E-state index in [0.717, 1.165) is 0 Å². The summed E-state index contributed by atoms with van der Waals surface area (Å²) in [7, 11) is 0. The van der Waals surface area contributed by atoms with Gasteiger partial charge in [-0.1, -0.05) is 12.1 Å². The highest BCUT2D eigenvalue weighted by Crippen LogP contribution is 2.40. The molecule has 1 fully saturated rings. The number of Topliss-reactive ketones (excluding diaryl/α,β-unsaturated/α-hetero) is 1. The lowest BCUT2D eigenvalue weighted by Gasteiger charge is -2.24. The molecule has 2 aromatic heterocycles. The van der Waals surface area contributed by atoms with Crippen molar-refractivity contribution in [3.8, 4) is 5.75 Å². The predicted molar refractivity (Wildman–Crippen MR) is 108 cm³/mol. The Labute approximate surface area is 173 Å². The van der Waals surface area contributed by atoms with Crippen LogP contribution in [0, 0.1) is 0 Å². The molecule has 1 aromatic carbocycles. The summed E-state index contributed by atoms with van der Waals surface area (Å²) < 4.78 is 10.9. The Morgan fingerprint density at radius 2 is 1.87 bits per heavy atom. The number of hydrogen-bond acceptors (Lipinski definition) is 6. The third-order valence-electron chi connectivity index (χ3n) is 4.91. The molecule has 1 atom stereocenters. The number of hydrogen-bond donors (Lipinski definition) is 1. The number of ether oxygens (including phenoxy) is 1. The maximum atomic E-state index is 12.9. The number of ketones is 1. The second-order valence-electron chi connectivity index (χ2n) is 6.74. The van der Waals surface area contributed by atoms with Gasteiger partial charge in [-0.05, 0) is 48.9 Å². The van der Waals surface area contributed by atoms with Crippen LogP contribution in [-0.4, -0.2) is 33.3 Å². The number of aliphatic hydroxyl groups is 1. The SMILES string of the molecule is CCOc1ccc(C2/C(=C(\O)c3ccncc3)C(=O)C(=O)N2Cc2ccco2)cc1. The number of rotatable bonds is 6. The molecular weight excluding hydrogens is 384 g/mol.